The van der Waals surface area contributed by atoms with Gasteiger partial charge in [-0.2, -0.15) is 0 Å². The van der Waals surface area contributed by atoms with Crippen LogP contribution in [0.5, 0.6) is 0 Å². The van der Waals surface area contributed by atoms with Crippen LogP contribution in [0.1, 0.15) is 59.8 Å². The molecule has 198 valence electrons. The Morgan fingerprint density at radius 1 is 0.921 bits per heavy atom. The van der Waals surface area contributed by atoms with Gasteiger partial charge >= 0.3 is 12.0 Å². The molecule has 2 N–H and O–H groups in total. The van der Waals surface area contributed by atoms with E-state index in [4.69, 9.17) is 0 Å². The minimum absolute atomic E-state index is 0.190. The highest BCUT2D eigenvalue weighted by Crippen LogP contribution is 2.56. The first kappa shape index (κ1) is 27.5. The van der Waals surface area contributed by atoms with Gasteiger partial charge in [-0.15, -0.1) is 11.8 Å². The van der Waals surface area contributed by atoms with Crippen LogP contribution in [-0.4, -0.2) is 45.6 Å². The van der Waals surface area contributed by atoms with Crippen LogP contribution in [0.3, 0.4) is 0 Å². The summed E-state index contributed by atoms with van der Waals surface area (Å²) >= 11 is 1.58. The van der Waals surface area contributed by atoms with Crippen molar-refractivity contribution < 1.29 is 19.5 Å². The maximum Gasteiger partial charge on any atom is 0.330 e. The molecule has 0 aromatic heterocycles. The highest BCUT2D eigenvalue weighted by Gasteiger charge is 2.65. The summed E-state index contributed by atoms with van der Waals surface area (Å²) in [5, 5.41) is 13.7. The van der Waals surface area contributed by atoms with Gasteiger partial charge in [-0.3, -0.25) is 4.79 Å². The van der Waals surface area contributed by atoms with E-state index in [-0.39, 0.29) is 11.8 Å². The first-order chi connectivity index (χ1) is 18.1. The van der Waals surface area contributed by atoms with Gasteiger partial charge in [-0.1, -0.05) is 72.3 Å². The van der Waals surface area contributed by atoms with Crippen molar-refractivity contribution in [1.29, 1.82) is 0 Å². The normalized spacial score (nSPS) is 22.9. The van der Waals surface area contributed by atoms with Crippen molar-refractivity contribution in [1.82, 2.24) is 10.2 Å². The van der Waals surface area contributed by atoms with Gasteiger partial charge in [0.1, 0.15) is 5.54 Å². The summed E-state index contributed by atoms with van der Waals surface area (Å²) in [5.41, 5.74) is 1.24. The number of ketones is 1. The van der Waals surface area contributed by atoms with Gasteiger partial charge in [0.05, 0.1) is 12.0 Å². The van der Waals surface area contributed by atoms with E-state index < -0.39 is 35.4 Å². The second-order valence-electron chi connectivity index (χ2n) is 10.3. The molecule has 0 saturated carbocycles. The molecule has 0 radical (unpaired) electrons. The number of aliphatic carboxylic acids is 1. The van der Waals surface area contributed by atoms with E-state index in [1.807, 2.05) is 93.8 Å². The lowest BCUT2D eigenvalue weighted by atomic mass is 9.71. The fourth-order valence-corrected chi connectivity index (χ4v) is 5.98. The molecule has 38 heavy (non-hydrogen) atoms. The SMILES string of the molecule is CSc1ccc(C(=O)C2C(c3ccc(C)cc3)N(C(=O)NC(C)C)C(C)(C(=O)O)C2c2ccccc2)cc1. The van der Waals surface area contributed by atoms with E-state index in [0.29, 0.717) is 11.1 Å². The molecule has 4 atom stereocenters. The second kappa shape index (κ2) is 11.0. The third-order valence-corrected chi connectivity index (χ3v) is 8.15. The molecule has 0 aliphatic carbocycles. The number of carbonyl (C=O) groups is 3. The molecule has 1 heterocycles. The summed E-state index contributed by atoms with van der Waals surface area (Å²) in [6.07, 6.45) is 1.97. The number of nitrogens with one attached hydrogen (secondary N) is 1. The van der Waals surface area contributed by atoms with Gasteiger partial charge in [-0.05, 0) is 57.2 Å². The molecule has 1 aliphatic heterocycles. The zero-order valence-electron chi connectivity index (χ0n) is 22.3. The molecule has 1 aliphatic rings. The Bertz CT molecular complexity index is 1310. The molecule has 4 unspecified atom stereocenters. The van der Waals surface area contributed by atoms with Crippen LogP contribution < -0.4 is 5.32 Å². The van der Waals surface area contributed by atoms with Crippen LogP contribution in [-0.2, 0) is 4.79 Å². The third kappa shape index (κ3) is 4.95. The van der Waals surface area contributed by atoms with E-state index in [2.05, 4.69) is 5.32 Å². The van der Waals surface area contributed by atoms with Crippen molar-refractivity contribution in [3.05, 3.63) is 101 Å². The number of thioether (sulfide) groups is 1. The maximum atomic E-state index is 14.4. The van der Waals surface area contributed by atoms with Crippen molar-refractivity contribution >= 4 is 29.5 Å². The highest BCUT2D eigenvalue weighted by molar-refractivity contribution is 7.98. The number of amides is 2. The Balaban J connectivity index is 2.01. The van der Waals surface area contributed by atoms with Crippen LogP contribution in [0.25, 0.3) is 0 Å². The lowest BCUT2D eigenvalue weighted by Gasteiger charge is -2.38. The molecule has 0 bridgehead atoms. The van der Waals surface area contributed by atoms with Crippen LogP contribution in [0.15, 0.2) is 83.8 Å². The summed E-state index contributed by atoms with van der Waals surface area (Å²) in [5.74, 6) is -2.97. The summed E-state index contributed by atoms with van der Waals surface area (Å²) < 4.78 is 0. The van der Waals surface area contributed by atoms with Crippen molar-refractivity contribution in [3.63, 3.8) is 0 Å². The number of hydrogen-bond acceptors (Lipinski definition) is 4. The topological polar surface area (TPSA) is 86.7 Å². The van der Waals surface area contributed by atoms with E-state index in [1.54, 1.807) is 30.8 Å². The fraction of sp³-hybridized carbons (Fsp3) is 0.323. The van der Waals surface area contributed by atoms with E-state index in [1.165, 1.54) is 4.90 Å². The van der Waals surface area contributed by atoms with E-state index in [0.717, 1.165) is 16.0 Å². The van der Waals surface area contributed by atoms with Crippen LogP contribution >= 0.6 is 11.8 Å². The Morgan fingerprint density at radius 3 is 2.05 bits per heavy atom. The van der Waals surface area contributed by atoms with Crippen LogP contribution in [0.2, 0.25) is 0 Å². The molecule has 2 amide bonds. The number of carboxylic acids is 1. The second-order valence-corrected chi connectivity index (χ2v) is 11.2. The molecule has 4 rings (SSSR count). The Morgan fingerprint density at radius 2 is 1.53 bits per heavy atom. The minimum Gasteiger partial charge on any atom is -0.479 e. The summed E-state index contributed by atoms with van der Waals surface area (Å²) in [6.45, 7) is 7.19. The number of rotatable bonds is 7. The highest BCUT2D eigenvalue weighted by atomic mass is 32.2. The van der Waals surface area contributed by atoms with Crippen molar-refractivity contribution in [2.75, 3.05) is 6.26 Å². The summed E-state index contributed by atoms with van der Waals surface area (Å²) in [4.78, 5) is 43.9. The molecule has 1 saturated heterocycles. The maximum absolute atomic E-state index is 14.4. The van der Waals surface area contributed by atoms with Crippen molar-refractivity contribution in [2.24, 2.45) is 5.92 Å². The van der Waals surface area contributed by atoms with E-state index >= 15 is 0 Å². The summed E-state index contributed by atoms with van der Waals surface area (Å²) in [6, 6.07) is 22.7. The molecule has 3 aromatic rings. The largest absolute Gasteiger partial charge is 0.479 e. The van der Waals surface area contributed by atoms with Gasteiger partial charge in [0.15, 0.2) is 5.78 Å². The quantitative estimate of drug-likeness (QED) is 0.276. The van der Waals surface area contributed by atoms with Crippen molar-refractivity contribution in [3.8, 4) is 0 Å². The molecule has 1 fully saturated rings. The Hall–Kier alpha value is -3.58. The molecular formula is C31H34N2O4S. The first-order valence-electron chi connectivity index (χ1n) is 12.7. The number of nitrogens with zero attached hydrogens (tertiary/aromatic N) is 1. The predicted molar refractivity (Wildman–Crippen MR) is 151 cm³/mol. The molecule has 6 nitrogen and oxygen atoms in total. The number of aryl methyl sites for hydroxylation is 1. The zero-order chi connectivity index (χ0) is 27.6. The monoisotopic (exact) mass is 530 g/mol. The average molecular weight is 531 g/mol. The van der Waals surface area contributed by atoms with Gasteiger partial charge in [0.2, 0.25) is 0 Å². The lowest BCUT2D eigenvalue weighted by Crippen LogP contribution is -2.57. The minimum atomic E-state index is -1.70. The van der Waals surface area contributed by atoms with Gasteiger partial charge < -0.3 is 15.3 Å². The number of hydrogen-bond donors (Lipinski definition) is 2. The van der Waals surface area contributed by atoms with Gasteiger partial charge in [0, 0.05) is 22.4 Å². The predicted octanol–water partition coefficient (Wildman–Crippen LogP) is 6.32. The number of benzene rings is 3. The molecular weight excluding hydrogens is 496 g/mol. The van der Waals surface area contributed by atoms with Crippen LogP contribution in [0, 0.1) is 12.8 Å². The smallest absolute Gasteiger partial charge is 0.330 e. The standard InChI is InChI=1S/C31H34N2O4S/c1-19(2)32-30(37)33-27(22-13-11-20(3)12-14-22)25(28(34)23-15-17-24(38-5)18-16-23)26(31(33,4)29(35)36)21-9-7-6-8-10-21/h6-19,25-27H,1-5H3,(H,32,37)(H,35,36). The number of Topliss-reactive ketones (excluding diaryl/α,β-unsaturated/α-hetero) is 1. The average Bonchev–Trinajstić information content (AvgIpc) is 3.19. The number of carbonyl (C=O) groups excluding carboxylic acids is 2. The lowest BCUT2D eigenvalue weighted by molar-refractivity contribution is -0.148. The molecule has 7 heteroatoms. The van der Waals surface area contributed by atoms with Gasteiger partial charge in [0.25, 0.3) is 0 Å². The molecule has 3 aromatic carbocycles. The zero-order valence-corrected chi connectivity index (χ0v) is 23.2. The third-order valence-electron chi connectivity index (χ3n) is 7.40. The Kier molecular flexibility index (Phi) is 7.97. The van der Waals surface area contributed by atoms with Crippen molar-refractivity contribution in [2.45, 2.75) is 56.1 Å². The summed E-state index contributed by atoms with van der Waals surface area (Å²) in [7, 11) is 0. The number of likely N-dealkylation sites (tertiary alicyclic amines) is 1. The first-order valence-corrected chi connectivity index (χ1v) is 13.9. The Labute approximate surface area is 228 Å². The van der Waals surface area contributed by atoms with Crippen LogP contribution in [0.4, 0.5) is 4.79 Å². The fourth-order valence-electron chi connectivity index (χ4n) is 5.58. The van der Waals surface area contributed by atoms with E-state index in [9.17, 15) is 19.5 Å². The number of urea groups is 1. The molecule has 0 spiro atoms. The number of carboxylic acid groups (broad SMARTS) is 1. The van der Waals surface area contributed by atoms with Gasteiger partial charge in [-0.25, -0.2) is 9.59 Å².